The van der Waals surface area contributed by atoms with Gasteiger partial charge in [0, 0.05) is 0 Å². The third-order valence-electron chi connectivity index (χ3n) is 3.24. The first kappa shape index (κ1) is 15.0. The van der Waals surface area contributed by atoms with Gasteiger partial charge in [0.15, 0.2) is 0 Å². The predicted octanol–water partition coefficient (Wildman–Crippen LogP) is 3.14. The van der Waals surface area contributed by atoms with Crippen LogP contribution in [0.15, 0.2) is 28.2 Å². The SMILES string of the molecule is Cc1cc(C(C)(C)N=C=O)ccc1C(C)(C)N=C=O. The second-order valence-corrected chi connectivity index (χ2v) is 5.55. The fraction of sp³-hybridized carbons (Fsp3) is 0.467. The van der Waals surface area contributed by atoms with E-state index in [1.165, 1.54) is 0 Å². The van der Waals surface area contributed by atoms with Crippen LogP contribution in [0.1, 0.15) is 44.4 Å². The van der Waals surface area contributed by atoms with Gasteiger partial charge in [-0.3, -0.25) is 0 Å². The van der Waals surface area contributed by atoms with Gasteiger partial charge in [0.1, 0.15) is 0 Å². The minimum absolute atomic E-state index is 0.608. The van der Waals surface area contributed by atoms with Crippen LogP contribution in [0.4, 0.5) is 0 Å². The second-order valence-electron chi connectivity index (χ2n) is 5.55. The molecule has 0 spiro atoms. The number of hydrogen-bond donors (Lipinski definition) is 0. The first-order valence-corrected chi connectivity index (χ1v) is 6.04. The van der Waals surface area contributed by atoms with Gasteiger partial charge < -0.3 is 0 Å². The minimum atomic E-state index is -0.609. The molecule has 4 nitrogen and oxygen atoms in total. The largest absolute Gasteiger partial charge is 0.235 e. The molecule has 0 atom stereocenters. The highest BCUT2D eigenvalue weighted by Gasteiger charge is 2.25. The molecule has 1 aromatic rings. The summed E-state index contributed by atoms with van der Waals surface area (Å²) in [7, 11) is 0. The summed E-state index contributed by atoms with van der Waals surface area (Å²) in [5, 5.41) is 0. The van der Waals surface area contributed by atoms with Gasteiger partial charge in [0.2, 0.25) is 12.2 Å². The van der Waals surface area contributed by atoms with E-state index in [1.54, 1.807) is 12.2 Å². The molecule has 0 aliphatic carbocycles. The van der Waals surface area contributed by atoms with Crippen LogP contribution in [-0.4, -0.2) is 12.2 Å². The van der Waals surface area contributed by atoms with Crippen LogP contribution < -0.4 is 0 Å². The van der Waals surface area contributed by atoms with E-state index in [2.05, 4.69) is 9.98 Å². The van der Waals surface area contributed by atoms with Gasteiger partial charge in [-0.05, 0) is 51.3 Å². The van der Waals surface area contributed by atoms with Crippen molar-refractivity contribution < 1.29 is 9.59 Å². The van der Waals surface area contributed by atoms with E-state index in [-0.39, 0.29) is 0 Å². The maximum absolute atomic E-state index is 10.5. The highest BCUT2D eigenvalue weighted by molar-refractivity contribution is 5.43. The molecule has 0 heterocycles. The normalized spacial score (nSPS) is 11.4. The Hall–Kier alpha value is -2.02. The number of carbonyl (C=O) groups excluding carboxylic acids is 2. The number of aliphatic imine (C=N–C) groups is 2. The minimum Gasteiger partial charge on any atom is -0.211 e. The topological polar surface area (TPSA) is 58.9 Å². The molecule has 1 aromatic carbocycles. The lowest BCUT2D eigenvalue weighted by atomic mass is 9.86. The Balaban J connectivity index is 3.33. The Morgan fingerprint density at radius 2 is 1.47 bits per heavy atom. The van der Waals surface area contributed by atoms with Crippen molar-refractivity contribution in [1.29, 1.82) is 0 Å². The molecule has 0 bridgehead atoms. The number of benzene rings is 1. The number of rotatable bonds is 4. The predicted molar refractivity (Wildman–Crippen MR) is 73.5 cm³/mol. The maximum atomic E-state index is 10.5. The summed E-state index contributed by atoms with van der Waals surface area (Å²) in [4.78, 5) is 28.5. The van der Waals surface area contributed by atoms with Crippen molar-refractivity contribution in [1.82, 2.24) is 0 Å². The van der Waals surface area contributed by atoms with Crippen molar-refractivity contribution in [2.24, 2.45) is 9.98 Å². The van der Waals surface area contributed by atoms with Gasteiger partial charge in [-0.2, -0.15) is 9.98 Å². The average Bonchev–Trinajstić information content (AvgIpc) is 2.28. The van der Waals surface area contributed by atoms with E-state index in [9.17, 15) is 9.59 Å². The van der Waals surface area contributed by atoms with E-state index in [0.29, 0.717) is 0 Å². The molecular formula is C15H18N2O2. The zero-order valence-corrected chi connectivity index (χ0v) is 11.9. The molecule has 19 heavy (non-hydrogen) atoms. The number of nitrogens with zero attached hydrogens (tertiary/aromatic N) is 2. The van der Waals surface area contributed by atoms with E-state index in [0.717, 1.165) is 16.7 Å². The van der Waals surface area contributed by atoms with Gasteiger partial charge in [-0.15, -0.1) is 0 Å². The van der Waals surface area contributed by atoms with Crippen LogP contribution in [0.2, 0.25) is 0 Å². The van der Waals surface area contributed by atoms with Crippen molar-refractivity contribution in [2.45, 2.75) is 45.7 Å². The van der Waals surface area contributed by atoms with E-state index < -0.39 is 11.1 Å². The number of aryl methyl sites for hydroxylation is 1. The average molecular weight is 258 g/mol. The molecule has 0 aromatic heterocycles. The number of hydrogen-bond acceptors (Lipinski definition) is 4. The molecule has 0 aliphatic heterocycles. The first-order chi connectivity index (χ1) is 8.74. The Bertz CT molecular complexity index is 576. The van der Waals surface area contributed by atoms with Gasteiger partial charge in [-0.25, -0.2) is 9.59 Å². The fourth-order valence-electron chi connectivity index (χ4n) is 2.08. The molecule has 0 fully saturated rings. The van der Waals surface area contributed by atoms with Crippen LogP contribution in [-0.2, 0) is 20.7 Å². The summed E-state index contributed by atoms with van der Waals surface area (Å²) in [6.45, 7) is 9.35. The summed E-state index contributed by atoms with van der Waals surface area (Å²) in [6.07, 6.45) is 3.20. The van der Waals surface area contributed by atoms with Crippen LogP contribution in [0.3, 0.4) is 0 Å². The smallest absolute Gasteiger partial charge is 0.211 e. The summed E-state index contributed by atoms with van der Waals surface area (Å²) in [6, 6.07) is 5.76. The summed E-state index contributed by atoms with van der Waals surface area (Å²) >= 11 is 0. The van der Waals surface area contributed by atoms with Crippen molar-refractivity contribution >= 4 is 12.2 Å². The molecule has 0 N–H and O–H groups in total. The van der Waals surface area contributed by atoms with Gasteiger partial charge in [0.05, 0.1) is 11.1 Å². The monoisotopic (exact) mass is 258 g/mol. The van der Waals surface area contributed by atoms with Crippen LogP contribution in [0, 0.1) is 6.92 Å². The highest BCUT2D eigenvalue weighted by atomic mass is 16.1. The van der Waals surface area contributed by atoms with Gasteiger partial charge >= 0.3 is 0 Å². The summed E-state index contributed by atoms with van der Waals surface area (Å²) in [5.41, 5.74) is 1.65. The van der Waals surface area contributed by atoms with Gasteiger partial charge in [0.25, 0.3) is 0 Å². The van der Waals surface area contributed by atoms with Crippen LogP contribution in [0.5, 0.6) is 0 Å². The molecular weight excluding hydrogens is 240 g/mol. The first-order valence-electron chi connectivity index (χ1n) is 6.04. The molecule has 100 valence electrons. The lowest BCUT2D eigenvalue weighted by Gasteiger charge is -2.24. The Labute approximate surface area is 113 Å². The third kappa shape index (κ3) is 3.25. The molecule has 0 saturated heterocycles. The molecule has 4 heteroatoms. The molecule has 0 unspecified atom stereocenters. The van der Waals surface area contributed by atoms with Crippen molar-refractivity contribution in [3.63, 3.8) is 0 Å². The van der Waals surface area contributed by atoms with E-state index in [4.69, 9.17) is 0 Å². The summed E-state index contributed by atoms with van der Waals surface area (Å²) in [5.74, 6) is 0. The molecule has 0 saturated carbocycles. The Kier molecular flexibility index (Phi) is 4.21. The lowest BCUT2D eigenvalue weighted by molar-refractivity contribution is 0.514. The van der Waals surface area contributed by atoms with Crippen molar-refractivity contribution in [2.75, 3.05) is 0 Å². The molecule has 0 aliphatic rings. The van der Waals surface area contributed by atoms with Crippen LogP contribution in [0.25, 0.3) is 0 Å². The van der Waals surface area contributed by atoms with Crippen molar-refractivity contribution in [3.05, 3.63) is 34.9 Å². The third-order valence-corrected chi connectivity index (χ3v) is 3.24. The van der Waals surface area contributed by atoms with E-state index in [1.807, 2.05) is 52.8 Å². The van der Waals surface area contributed by atoms with Gasteiger partial charge in [-0.1, -0.05) is 18.2 Å². The lowest BCUT2D eigenvalue weighted by Crippen LogP contribution is -2.18. The summed E-state index contributed by atoms with van der Waals surface area (Å²) < 4.78 is 0. The maximum Gasteiger partial charge on any atom is 0.235 e. The second kappa shape index (κ2) is 5.31. The molecule has 0 radical (unpaired) electrons. The van der Waals surface area contributed by atoms with Crippen LogP contribution >= 0.6 is 0 Å². The van der Waals surface area contributed by atoms with E-state index >= 15 is 0 Å². The zero-order valence-electron chi connectivity index (χ0n) is 11.9. The van der Waals surface area contributed by atoms with Crippen molar-refractivity contribution in [3.8, 4) is 0 Å². The fourth-order valence-corrected chi connectivity index (χ4v) is 2.08. The quantitative estimate of drug-likeness (QED) is 0.615. The molecule has 0 amide bonds. The zero-order chi connectivity index (χ0) is 14.7. The number of isocyanates is 2. The standard InChI is InChI=1S/C15H18N2O2/c1-11-8-12(14(2,3)16-9-18)6-7-13(11)15(4,5)17-10-19/h6-8H,1-5H3. The molecule has 1 rings (SSSR count). The Morgan fingerprint density at radius 1 is 0.947 bits per heavy atom. The highest BCUT2D eigenvalue weighted by Crippen LogP contribution is 2.31. The Morgan fingerprint density at radius 3 is 1.95 bits per heavy atom.